The van der Waals surface area contributed by atoms with Crippen molar-refractivity contribution < 1.29 is 19.1 Å². The Balaban J connectivity index is 1.40. The normalized spacial score (nSPS) is 10.5. The number of nitrogens with one attached hydrogen (secondary N) is 1. The van der Waals surface area contributed by atoms with Gasteiger partial charge < -0.3 is 19.6 Å². The van der Waals surface area contributed by atoms with Crippen molar-refractivity contribution in [1.82, 2.24) is 0 Å². The Hall–Kier alpha value is -3.80. The number of carbonyl (C=O) groups excluding carboxylic acids is 1. The van der Waals surface area contributed by atoms with Gasteiger partial charge in [0.25, 0.3) is 5.91 Å². The van der Waals surface area contributed by atoms with Crippen LogP contribution in [0.5, 0.6) is 11.5 Å². The summed E-state index contributed by atoms with van der Waals surface area (Å²) in [6.07, 6.45) is 1.53. The van der Waals surface area contributed by atoms with E-state index >= 15 is 0 Å². The SMILES string of the molecule is COc1ccc(C=NOCC(=O)Nc2ccc(OCc3ccccc3)cc2)cc1. The van der Waals surface area contributed by atoms with E-state index in [4.69, 9.17) is 14.3 Å². The van der Waals surface area contributed by atoms with Gasteiger partial charge in [-0.1, -0.05) is 35.5 Å². The average Bonchev–Trinajstić information content (AvgIpc) is 2.77. The van der Waals surface area contributed by atoms with Gasteiger partial charge in [0.1, 0.15) is 18.1 Å². The molecular weight excluding hydrogens is 368 g/mol. The standard InChI is InChI=1S/C23H22N2O4/c1-27-21-11-7-18(8-12-21)15-24-29-17-23(26)25-20-9-13-22(14-10-20)28-16-19-5-3-2-4-6-19/h2-15H,16-17H2,1H3,(H,25,26). The van der Waals surface area contributed by atoms with E-state index in [1.165, 1.54) is 6.21 Å². The largest absolute Gasteiger partial charge is 0.497 e. The quantitative estimate of drug-likeness (QED) is 0.438. The first-order valence-electron chi connectivity index (χ1n) is 9.09. The van der Waals surface area contributed by atoms with Gasteiger partial charge in [0.2, 0.25) is 0 Å². The van der Waals surface area contributed by atoms with Gasteiger partial charge in [-0.3, -0.25) is 4.79 Å². The summed E-state index contributed by atoms with van der Waals surface area (Å²) in [4.78, 5) is 17.0. The van der Waals surface area contributed by atoms with Gasteiger partial charge in [0.05, 0.1) is 13.3 Å². The summed E-state index contributed by atoms with van der Waals surface area (Å²) in [7, 11) is 1.61. The van der Waals surface area contributed by atoms with Crippen LogP contribution in [0, 0.1) is 0 Å². The number of oxime groups is 1. The molecule has 0 saturated carbocycles. The number of hydrogen-bond donors (Lipinski definition) is 1. The van der Waals surface area contributed by atoms with E-state index in [1.54, 1.807) is 31.4 Å². The van der Waals surface area contributed by atoms with Gasteiger partial charge in [-0.15, -0.1) is 0 Å². The molecular formula is C23H22N2O4. The maximum Gasteiger partial charge on any atom is 0.265 e. The molecule has 0 saturated heterocycles. The third kappa shape index (κ3) is 6.70. The lowest BCUT2D eigenvalue weighted by Crippen LogP contribution is -2.16. The molecule has 3 aromatic carbocycles. The Kier molecular flexibility index (Phi) is 7.23. The predicted octanol–water partition coefficient (Wildman–Crippen LogP) is 4.26. The van der Waals surface area contributed by atoms with E-state index in [-0.39, 0.29) is 12.5 Å². The van der Waals surface area contributed by atoms with Gasteiger partial charge in [-0.25, -0.2) is 0 Å². The number of benzene rings is 3. The van der Waals surface area contributed by atoms with E-state index in [2.05, 4.69) is 10.5 Å². The molecule has 0 unspecified atom stereocenters. The smallest absolute Gasteiger partial charge is 0.265 e. The number of rotatable bonds is 9. The summed E-state index contributed by atoms with van der Waals surface area (Å²) in [5.74, 6) is 1.20. The molecule has 0 radical (unpaired) electrons. The summed E-state index contributed by atoms with van der Waals surface area (Å²) in [6.45, 7) is 0.311. The molecule has 0 aromatic heterocycles. The summed E-state index contributed by atoms with van der Waals surface area (Å²) in [5.41, 5.74) is 2.60. The Morgan fingerprint density at radius 2 is 1.62 bits per heavy atom. The van der Waals surface area contributed by atoms with Crippen molar-refractivity contribution in [2.24, 2.45) is 5.16 Å². The summed E-state index contributed by atoms with van der Waals surface area (Å²) < 4.78 is 10.8. The Morgan fingerprint density at radius 3 is 2.31 bits per heavy atom. The molecule has 29 heavy (non-hydrogen) atoms. The van der Waals surface area contributed by atoms with Crippen molar-refractivity contribution in [3.63, 3.8) is 0 Å². The van der Waals surface area contributed by atoms with Crippen LogP contribution in [-0.4, -0.2) is 25.8 Å². The molecule has 3 rings (SSSR count). The number of nitrogens with zero attached hydrogens (tertiary/aromatic N) is 1. The van der Waals surface area contributed by atoms with E-state index in [0.717, 1.165) is 22.6 Å². The molecule has 0 atom stereocenters. The first kappa shape index (κ1) is 19.9. The van der Waals surface area contributed by atoms with Crippen LogP contribution in [0.1, 0.15) is 11.1 Å². The first-order chi connectivity index (χ1) is 14.2. The second kappa shape index (κ2) is 10.5. The molecule has 0 bridgehead atoms. The molecule has 0 spiro atoms. The van der Waals surface area contributed by atoms with E-state index < -0.39 is 0 Å². The van der Waals surface area contributed by atoms with Crippen LogP contribution in [0.15, 0.2) is 84.0 Å². The highest BCUT2D eigenvalue weighted by Gasteiger charge is 2.03. The number of anilines is 1. The van der Waals surface area contributed by atoms with Crippen LogP contribution in [0.2, 0.25) is 0 Å². The molecule has 0 aliphatic rings. The van der Waals surface area contributed by atoms with Crippen molar-refractivity contribution in [2.45, 2.75) is 6.61 Å². The van der Waals surface area contributed by atoms with E-state index in [0.29, 0.717) is 12.3 Å². The monoisotopic (exact) mass is 390 g/mol. The molecule has 0 fully saturated rings. The van der Waals surface area contributed by atoms with Crippen LogP contribution in [-0.2, 0) is 16.2 Å². The van der Waals surface area contributed by atoms with Crippen molar-refractivity contribution in [1.29, 1.82) is 0 Å². The molecule has 0 aliphatic carbocycles. The zero-order chi connectivity index (χ0) is 20.3. The third-order valence-corrected chi connectivity index (χ3v) is 3.97. The lowest BCUT2D eigenvalue weighted by molar-refractivity contribution is -0.120. The number of ether oxygens (including phenoxy) is 2. The van der Waals surface area contributed by atoms with Crippen LogP contribution in [0.4, 0.5) is 5.69 Å². The van der Waals surface area contributed by atoms with Crippen LogP contribution >= 0.6 is 0 Å². The molecule has 1 N–H and O–H groups in total. The second-order valence-corrected chi connectivity index (χ2v) is 6.13. The molecule has 1 amide bonds. The maximum absolute atomic E-state index is 11.9. The fourth-order valence-corrected chi connectivity index (χ4v) is 2.46. The minimum Gasteiger partial charge on any atom is -0.497 e. The highest BCUT2D eigenvalue weighted by molar-refractivity contribution is 5.91. The summed E-state index contributed by atoms with van der Waals surface area (Å²) in [6, 6.07) is 24.4. The molecule has 6 heteroatoms. The number of carbonyl (C=O) groups is 1. The first-order valence-corrected chi connectivity index (χ1v) is 9.09. The fraction of sp³-hybridized carbons (Fsp3) is 0.130. The minimum atomic E-state index is -0.296. The second-order valence-electron chi connectivity index (χ2n) is 6.13. The Morgan fingerprint density at radius 1 is 0.931 bits per heavy atom. The molecule has 6 nitrogen and oxygen atoms in total. The van der Waals surface area contributed by atoms with Crippen LogP contribution in [0.3, 0.4) is 0 Å². The number of hydrogen-bond acceptors (Lipinski definition) is 5. The predicted molar refractivity (Wildman–Crippen MR) is 112 cm³/mol. The topological polar surface area (TPSA) is 69.2 Å². The number of amides is 1. The lowest BCUT2D eigenvalue weighted by Gasteiger charge is -2.08. The minimum absolute atomic E-state index is 0.182. The van der Waals surface area contributed by atoms with Crippen molar-refractivity contribution >= 4 is 17.8 Å². The highest BCUT2D eigenvalue weighted by atomic mass is 16.6. The maximum atomic E-state index is 11.9. The average molecular weight is 390 g/mol. The van der Waals surface area contributed by atoms with Crippen molar-refractivity contribution in [2.75, 3.05) is 19.0 Å². The zero-order valence-electron chi connectivity index (χ0n) is 16.1. The zero-order valence-corrected chi connectivity index (χ0v) is 16.1. The summed E-state index contributed by atoms with van der Waals surface area (Å²) in [5, 5.41) is 6.55. The highest BCUT2D eigenvalue weighted by Crippen LogP contribution is 2.17. The fourth-order valence-electron chi connectivity index (χ4n) is 2.46. The third-order valence-electron chi connectivity index (χ3n) is 3.97. The van der Waals surface area contributed by atoms with E-state index in [9.17, 15) is 4.79 Å². The molecule has 0 aliphatic heterocycles. The van der Waals surface area contributed by atoms with Gasteiger partial charge in [0.15, 0.2) is 6.61 Å². The van der Waals surface area contributed by atoms with Gasteiger partial charge >= 0.3 is 0 Å². The Bertz CT molecular complexity index is 923. The summed E-state index contributed by atoms with van der Waals surface area (Å²) >= 11 is 0. The van der Waals surface area contributed by atoms with Gasteiger partial charge in [-0.2, -0.15) is 0 Å². The number of methoxy groups -OCH3 is 1. The van der Waals surface area contributed by atoms with Crippen molar-refractivity contribution in [3.05, 3.63) is 90.0 Å². The lowest BCUT2D eigenvalue weighted by atomic mass is 10.2. The molecule has 3 aromatic rings. The Labute approximate surface area is 169 Å². The van der Waals surface area contributed by atoms with Gasteiger partial charge in [-0.05, 0) is 59.7 Å². The van der Waals surface area contributed by atoms with Crippen molar-refractivity contribution in [3.8, 4) is 11.5 Å². The van der Waals surface area contributed by atoms with E-state index in [1.807, 2.05) is 54.6 Å². The van der Waals surface area contributed by atoms with Gasteiger partial charge in [0, 0.05) is 5.69 Å². The molecule has 148 valence electrons. The van der Waals surface area contributed by atoms with Crippen LogP contribution in [0.25, 0.3) is 0 Å². The van der Waals surface area contributed by atoms with Crippen LogP contribution < -0.4 is 14.8 Å². The molecule has 0 heterocycles.